The lowest BCUT2D eigenvalue weighted by Gasteiger charge is -2.24. The summed E-state index contributed by atoms with van der Waals surface area (Å²) in [7, 11) is 0. The molecule has 3 aromatic rings. The van der Waals surface area contributed by atoms with Gasteiger partial charge in [0.2, 0.25) is 11.9 Å². The number of nitrogens with zero attached hydrogens (tertiary/aromatic N) is 2. The van der Waals surface area contributed by atoms with Gasteiger partial charge in [-0.2, -0.15) is 18.2 Å². The van der Waals surface area contributed by atoms with Gasteiger partial charge in [-0.05, 0) is 74.9 Å². The molecular formula is C28H30F4N6O. The first-order valence-corrected chi connectivity index (χ1v) is 12.9. The van der Waals surface area contributed by atoms with E-state index in [0.717, 1.165) is 24.9 Å². The molecule has 4 N–H and O–H groups in total. The first kappa shape index (κ1) is 26.9. The second-order valence-electron chi connectivity index (χ2n) is 10.5. The lowest BCUT2D eigenvalue weighted by Crippen LogP contribution is -2.29. The van der Waals surface area contributed by atoms with E-state index < -0.39 is 23.0 Å². The third-order valence-electron chi connectivity index (χ3n) is 7.53. The Morgan fingerprint density at radius 2 is 1.97 bits per heavy atom. The van der Waals surface area contributed by atoms with Gasteiger partial charge in [0, 0.05) is 36.2 Å². The first-order chi connectivity index (χ1) is 18.5. The molecule has 3 heterocycles. The van der Waals surface area contributed by atoms with Crippen molar-refractivity contribution in [1.82, 2.24) is 15.3 Å². The van der Waals surface area contributed by atoms with Gasteiger partial charge in [0.1, 0.15) is 17.2 Å². The van der Waals surface area contributed by atoms with E-state index in [9.17, 15) is 18.0 Å². The lowest BCUT2D eigenvalue weighted by atomic mass is 9.83. The predicted octanol–water partition coefficient (Wildman–Crippen LogP) is 6.00. The Hall–Kier alpha value is -3.73. The Labute approximate surface area is 223 Å². The van der Waals surface area contributed by atoms with Gasteiger partial charge in [0.05, 0.1) is 5.41 Å². The number of fused-ring (bicyclic) bond motifs is 1. The number of nitrogens with one attached hydrogen (secondary N) is 4. The minimum Gasteiger partial charge on any atom is -0.365 e. The Kier molecular flexibility index (Phi) is 6.96. The second-order valence-corrected chi connectivity index (χ2v) is 10.5. The highest BCUT2D eigenvalue weighted by molar-refractivity contribution is 6.06. The normalized spacial score (nSPS) is 18.4. The molecule has 0 saturated carbocycles. The van der Waals surface area contributed by atoms with Crippen LogP contribution in [-0.4, -0.2) is 29.0 Å². The fraction of sp³-hybridized carbons (Fsp3) is 0.393. The lowest BCUT2D eigenvalue weighted by molar-refractivity contribution is -0.137. The molecule has 11 heteroatoms. The molecule has 1 saturated heterocycles. The van der Waals surface area contributed by atoms with Gasteiger partial charge in [-0.15, -0.1) is 0 Å². The number of rotatable bonds is 6. The number of benzene rings is 2. The molecular weight excluding hydrogens is 512 g/mol. The standard InChI is InChI=1S/C28H30F4N6O/c1-15-20(10-9-18(23(15)29)16-7-5-11-33-12-16)37-26-35-14-19(28(30,31)32)24(38-26)34-13-17-6-4-8-21-22(17)27(2,3)25(39)36-21/h4,6,8-10,14,16,33H,5,7,11-13H2,1-3H3,(H,36,39)(H2,34,35,37,38). The number of anilines is 4. The van der Waals surface area contributed by atoms with Gasteiger partial charge in [0.25, 0.3) is 0 Å². The van der Waals surface area contributed by atoms with Crippen LogP contribution in [0.4, 0.5) is 40.7 Å². The molecule has 206 valence electrons. The molecule has 1 unspecified atom stereocenters. The summed E-state index contributed by atoms with van der Waals surface area (Å²) in [6, 6.07) is 8.67. The Balaban J connectivity index is 1.42. The highest BCUT2D eigenvalue weighted by Gasteiger charge is 2.40. The number of carbonyl (C=O) groups excluding carboxylic acids is 1. The molecule has 0 spiro atoms. The van der Waals surface area contributed by atoms with Crippen molar-refractivity contribution < 1.29 is 22.4 Å². The molecule has 1 aromatic heterocycles. The highest BCUT2D eigenvalue weighted by atomic mass is 19.4. The van der Waals surface area contributed by atoms with Crippen molar-refractivity contribution >= 4 is 29.0 Å². The Bertz CT molecular complexity index is 1420. The molecule has 7 nitrogen and oxygen atoms in total. The summed E-state index contributed by atoms with van der Waals surface area (Å²) in [5.74, 6) is -0.976. The second kappa shape index (κ2) is 10.1. The van der Waals surface area contributed by atoms with Crippen molar-refractivity contribution in [2.45, 2.75) is 57.7 Å². The van der Waals surface area contributed by atoms with Crippen LogP contribution in [-0.2, 0) is 22.9 Å². The van der Waals surface area contributed by atoms with E-state index in [1.54, 1.807) is 51.1 Å². The molecule has 1 atom stereocenters. The number of alkyl halides is 3. The number of hydrogen-bond donors (Lipinski definition) is 4. The van der Waals surface area contributed by atoms with Gasteiger partial charge >= 0.3 is 6.18 Å². The third kappa shape index (κ3) is 5.15. The van der Waals surface area contributed by atoms with Crippen LogP contribution >= 0.6 is 0 Å². The van der Waals surface area contributed by atoms with E-state index in [2.05, 4.69) is 31.2 Å². The largest absolute Gasteiger partial charge is 0.421 e. The number of aromatic nitrogens is 2. The van der Waals surface area contributed by atoms with E-state index >= 15 is 4.39 Å². The summed E-state index contributed by atoms with van der Waals surface area (Å²) < 4.78 is 56.7. The molecule has 5 rings (SSSR count). The molecule has 0 aliphatic carbocycles. The SMILES string of the molecule is Cc1c(Nc2ncc(C(F)(F)F)c(NCc3cccc4c3C(C)(C)C(=O)N4)n2)ccc(C2CCCNC2)c1F. The molecule has 2 aliphatic heterocycles. The van der Waals surface area contributed by atoms with E-state index in [1.165, 1.54) is 0 Å². The minimum absolute atomic E-state index is 0.00112. The molecule has 2 aliphatic rings. The van der Waals surface area contributed by atoms with Crippen LogP contribution in [0.3, 0.4) is 0 Å². The molecule has 1 fully saturated rings. The summed E-state index contributed by atoms with van der Waals surface area (Å²) in [5, 5.41) is 11.8. The molecule has 39 heavy (non-hydrogen) atoms. The fourth-order valence-corrected chi connectivity index (χ4v) is 5.34. The van der Waals surface area contributed by atoms with Crippen LogP contribution in [0.25, 0.3) is 0 Å². The molecule has 0 radical (unpaired) electrons. The Morgan fingerprint density at radius 1 is 1.18 bits per heavy atom. The van der Waals surface area contributed by atoms with Crippen LogP contribution in [0.2, 0.25) is 0 Å². The molecule has 1 amide bonds. The number of amides is 1. The van der Waals surface area contributed by atoms with Crippen LogP contribution in [0.15, 0.2) is 36.5 Å². The van der Waals surface area contributed by atoms with Crippen LogP contribution < -0.4 is 21.3 Å². The predicted molar refractivity (Wildman–Crippen MR) is 142 cm³/mol. The van der Waals surface area contributed by atoms with Gasteiger partial charge in [-0.25, -0.2) is 9.37 Å². The van der Waals surface area contributed by atoms with E-state index in [1.807, 2.05) is 0 Å². The summed E-state index contributed by atoms with van der Waals surface area (Å²) in [6.45, 7) is 6.77. The highest BCUT2D eigenvalue weighted by Crippen LogP contribution is 2.40. The van der Waals surface area contributed by atoms with Gasteiger partial charge in [-0.3, -0.25) is 4.79 Å². The van der Waals surface area contributed by atoms with Crippen molar-refractivity contribution in [3.05, 3.63) is 70.2 Å². The number of halogens is 4. The Morgan fingerprint density at radius 3 is 2.69 bits per heavy atom. The fourth-order valence-electron chi connectivity index (χ4n) is 5.34. The zero-order chi connectivity index (χ0) is 27.9. The van der Waals surface area contributed by atoms with Crippen molar-refractivity contribution in [2.24, 2.45) is 0 Å². The summed E-state index contributed by atoms with van der Waals surface area (Å²) in [4.78, 5) is 20.4. The van der Waals surface area contributed by atoms with Gasteiger partial charge < -0.3 is 21.3 Å². The summed E-state index contributed by atoms with van der Waals surface area (Å²) in [5.41, 5.74) is 1.50. The van der Waals surface area contributed by atoms with Gasteiger partial charge in [-0.1, -0.05) is 18.2 Å². The minimum atomic E-state index is -4.70. The quantitative estimate of drug-likeness (QED) is 0.286. The zero-order valence-electron chi connectivity index (χ0n) is 21.9. The van der Waals surface area contributed by atoms with Crippen molar-refractivity contribution in [3.63, 3.8) is 0 Å². The summed E-state index contributed by atoms with van der Waals surface area (Å²) in [6.07, 6.45) is -2.14. The van der Waals surface area contributed by atoms with Crippen LogP contribution in [0.1, 0.15) is 60.4 Å². The molecule has 0 bridgehead atoms. The van der Waals surface area contributed by atoms with Crippen molar-refractivity contribution in [1.29, 1.82) is 0 Å². The zero-order valence-corrected chi connectivity index (χ0v) is 21.9. The maximum absolute atomic E-state index is 15.3. The number of hydrogen-bond acceptors (Lipinski definition) is 6. The maximum atomic E-state index is 15.3. The van der Waals surface area contributed by atoms with E-state index in [-0.39, 0.29) is 30.1 Å². The monoisotopic (exact) mass is 542 g/mol. The average molecular weight is 543 g/mol. The van der Waals surface area contributed by atoms with E-state index in [4.69, 9.17) is 0 Å². The topological polar surface area (TPSA) is 91.0 Å². The summed E-state index contributed by atoms with van der Waals surface area (Å²) >= 11 is 0. The first-order valence-electron chi connectivity index (χ1n) is 12.9. The van der Waals surface area contributed by atoms with Crippen molar-refractivity contribution in [3.8, 4) is 0 Å². The van der Waals surface area contributed by atoms with E-state index in [0.29, 0.717) is 40.8 Å². The van der Waals surface area contributed by atoms with Crippen LogP contribution in [0.5, 0.6) is 0 Å². The van der Waals surface area contributed by atoms with Gasteiger partial charge in [0.15, 0.2) is 0 Å². The smallest absolute Gasteiger partial charge is 0.365 e. The maximum Gasteiger partial charge on any atom is 0.421 e. The third-order valence-corrected chi connectivity index (χ3v) is 7.53. The number of piperidine rings is 1. The van der Waals surface area contributed by atoms with Crippen LogP contribution in [0, 0.1) is 12.7 Å². The average Bonchev–Trinajstić information content (AvgIpc) is 3.14. The molecule has 2 aromatic carbocycles. The van der Waals surface area contributed by atoms with Crippen molar-refractivity contribution in [2.75, 3.05) is 29.0 Å². The number of carbonyl (C=O) groups is 1.